The van der Waals surface area contributed by atoms with Crippen LogP contribution in [0.5, 0.6) is 5.75 Å². The van der Waals surface area contributed by atoms with E-state index < -0.39 is 6.04 Å². The van der Waals surface area contributed by atoms with E-state index in [1.165, 1.54) is 0 Å². The summed E-state index contributed by atoms with van der Waals surface area (Å²) in [4.78, 5) is 12.1. The number of aryl methyl sites for hydroxylation is 1. The van der Waals surface area contributed by atoms with Crippen molar-refractivity contribution in [1.82, 2.24) is 0 Å². The van der Waals surface area contributed by atoms with Gasteiger partial charge in [0.1, 0.15) is 5.75 Å². The quantitative estimate of drug-likeness (QED) is 0.794. The minimum Gasteiger partial charge on any atom is -0.508 e. The lowest BCUT2D eigenvalue weighted by Gasteiger charge is -2.13. The largest absolute Gasteiger partial charge is 0.508 e. The third-order valence-corrected chi connectivity index (χ3v) is 3.77. The van der Waals surface area contributed by atoms with Crippen molar-refractivity contribution in [2.24, 2.45) is 5.73 Å². The Kier molecular flexibility index (Phi) is 4.98. The number of aromatic hydroxyl groups is 1. The Hall–Kier alpha value is -1.85. The zero-order valence-electron chi connectivity index (χ0n) is 11.6. The van der Waals surface area contributed by atoms with E-state index in [-0.39, 0.29) is 11.7 Å². The summed E-state index contributed by atoms with van der Waals surface area (Å²) in [6.07, 6.45) is 0.412. The van der Waals surface area contributed by atoms with Crippen LogP contribution in [-0.2, 0) is 11.2 Å². The van der Waals surface area contributed by atoms with E-state index >= 15 is 0 Å². The first-order valence-corrected chi connectivity index (χ1v) is 7.35. The fourth-order valence-corrected chi connectivity index (χ4v) is 2.52. The highest BCUT2D eigenvalue weighted by Crippen LogP contribution is 2.23. The number of nitrogens with two attached hydrogens (primary N) is 1. The lowest BCUT2D eigenvalue weighted by molar-refractivity contribution is -0.117. The van der Waals surface area contributed by atoms with Crippen molar-refractivity contribution in [1.29, 1.82) is 0 Å². The van der Waals surface area contributed by atoms with E-state index in [1.54, 1.807) is 24.3 Å². The van der Waals surface area contributed by atoms with Gasteiger partial charge in [0.15, 0.2) is 0 Å². The molecule has 110 valence electrons. The second kappa shape index (κ2) is 6.74. The highest BCUT2D eigenvalue weighted by Gasteiger charge is 2.15. The number of benzene rings is 2. The van der Waals surface area contributed by atoms with Crippen molar-refractivity contribution >= 4 is 27.5 Å². The fraction of sp³-hybridized carbons (Fsp3) is 0.188. The van der Waals surface area contributed by atoms with Crippen molar-refractivity contribution in [3.63, 3.8) is 0 Å². The first-order valence-electron chi connectivity index (χ1n) is 6.56. The molecule has 2 aromatic rings. The van der Waals surface area contributed by atoms with E-state index in [2.05, 4.69) is 21.2 Å². The van der Waals surface area contributed by atoms with Crippen LogP contribution in [0, 0.1) is 6.92 Å². The number of carbonyl (C=O) groups is 1. The summed E-state index contributed by atoms with van der Waals surface area (Å²) < 4.78 is 0.827. The zero-order valence-corrected chi connectivity index (χ0v) is 13.2. The number of hydrogen-bond acceptors (Lipinski definition) is 3. The predicted octanol–water partition coefficient (Wildman–Crippen LogP) is 2.97. The van der Waals surface area contributed by atoms with E-state index in [0.717, 1.165) is 15.6 Å². The lowest BCUT2D eigenvalue weighted by Crippen LogP contribution is -2.37. The molecule has 0 saturated carbocycles. The van der Waals surface area contributed by atoms with Gasteiger partial charge in [0.2, 0.25) is 5.91 Å². The Morgan fingerprint density at radius 3 is 2.57 bits per heavy atom. The Balaban J connectivity index is 2.00. The normalized spacial score (nSPS) is 12.0. The monoisotopic (exact) mass is 348 g/mol. The number of rotatable bonds is 4. The van der Waals surface area contributed by atoms with E-state index in [4.69, 9.17) is 5.73 Å². The molecular weight excluding hydrogens is 332 g/mol. The van der Waals surface area contributed by atoms with Gasteiger partial charge in [0, 0.05) is 4.47 Å². The number of phenolic OH excluding ortho intramolecular Hbond substituents is 1. The molecule has 0 radical (unpaired) electrons. The predicted molar refractivity (Wildman–Crippen MR) is 87.3 cm³/mol. The van der Waals surface area contributed by atoms with Crippen LogP contribution >= 0.6 is 15.9 Å². The molecule has 2 aromatic carbocycles. The Labute approximate surface area is 132 Å². The third kappa shape index (κ3) is 4.31. The molecule has 0 fully saturated rings. The van der Waals surface area contributed by atoms with Crippen LogP contribution < -0.4 is 11.1 Å². The van der Waals surface area contributed by atoms with Gasteiger partial charge in [-0.3, -0.25) is 4.79 Å². The molecule has 0 saturated heterocycles. The lowest BCUT2D eigenvalue weighted by atomic mass is 10.1. The molecule has 4 N–H and O–H groups in total. The van der Waals surface area contributed by atoms with Gasteiger partial charge in [-0.15, -0.1) is 0 Å². The molecule has 0 bridgehead atoms. The van der Waals surface area contributed by atoms with Gasteiger partial charge >= 0.3 is 0 Å². The Morgan fingerprint density at radius 1 is 1.29 bits per heavy atom. The molecule has 21 heavy (non-hydrogen) atoms. The second-order valence-corrected chi connectivity index (χ2v) is 5.80. The molecule has 1 atom stereocenters. The first-order chi connectivity index (χ1) is 9.95. The van der Waals surface area contributed by atoms with Crippen LogP contribution in [0.2, 0.25) is 0 Å². The topological polar surface area (TPSA) is 75.4 Å². The molecule has 5 heteroatoms. The van der Waals surface area contributed by atoms with E-state index in [0.29, 0.717) is 12.1 Å². The summed E-state index contributed by atoms with van der Waals surface area (Å²) in [5.41, 5.74) is 8.63. The standard InChI is InChI=1S/C16H17BrN2O2/c1-10-2-7-15(13(17)8-10)19-16(21)14(18)9-11-3-5-12(20)6-4-11/h2-8,14,20H,9,18H2,1H3,(H,19,21)/t14-/m1/s1. The van der Waals surface area contributed by atoms with Gasteiger partial charge in [0.25, 0.3) is 0 Å². The maximum Gasteiger partial charge on any atom is 0.241 e. The summed E-state index contributed by atoms with van der Waals surface area (Å²) in [5, 5.41) is 12.0. The molecule has 0 aromatic heterocycles. The molecule has 0 aliphatic rings. The molecule has 0 aliphatic carbocycles. The Morgan fingerprint density at radius 2 is 1.95 bits per heavy atom. The number of carbonyl (C=O) groups excluding carboxylic acids is 1. The van der Waals surface area contributed by atoms with Crippen LogP contribution in [-0.4, -0.2) is 17.1 Å². The van der Waals surface area contributed by atoms with Crippen LogP contribution in [0.1, 0.15) is 11.1 Å². The second-order valence-electron chi connectivity index (χ2n) is 4.95. The molecular formula is C16H17BrN2O2. The third-order valence-electron chi connectivity index (χ3n) is 3.11. The van der Waals surface area contributed by atoms with Gasteiger partial charge < -0.3 is 16.2 Å². The van der Waals surface area contributed by atoms with Crippen molar-refractivity contribution < 1.29 is 9.90 Å². The molecule has 1 amide bonds. The number of amides is 1. The molecule has 2 rings (SSSR count). The van der Waals surface area contributed by atoms with Crippen LogP contribution in [0.25, 0.3) is 0 Å². The molecule has 4 nitrogen and oxygen atoms in total. The van der Waals surface area contributed by atoms with Crippen molar-refractivity contribution in [2.75, 3.05) is 5.32 Å². The van der Waals surface area contributed by atoms with Gasteiger partial charge in [-0.2, -0.15) is 0 Å². The summed E-state index contributed by atoms with van der Waals surface area (Å²) in [6.45, 7) is 1.98. The van der Waals surface area contributed by atoms with Gasteiger partial charge in [-0.1, -0.05) is 18.2 Å². The molecule has 0 heterocycles. The maximum atomic E-state index is 12.1. The number of halogens is 1. The van der Waals surface area contributed by atoms with Crippen molar-refractivity contribution in [3.8, 4) is 5.75 Å². The van der Waals surface area contributed by atoms with Crippen LogP contribution in [0.4, 0.5) is 5.69 Å². The zero-order chi connectivity index (χ0) is 15.4. The first kappa shape index (κ1) is 15.5. The van der Waals surface area contributed by atoms with E-state index in [1.807, 2.05) is 25.1 Å². The molecule has 0 aliphatic heterocycles. The highest BCUT2D eigenvalue weighted by atomic mass is 79.9. The number of hydrogen-bond donors (Lipinski definition) is 3. The highest BCUT2D eigenvalue weighted by molar-refractivity contribution is 9.10. The number of phenols is 1. The van der Waals surface area contributed by atoms with Crippen LogP contribution in [0.3, 0.4) is 0 Å². The summed E-state index contributed by atoms with van der Waals surface area (Å²) in [6, 6.07) is 11.7. The average Bonchev–Trinajstić information content (AvgIpc) is 2.44. The van der Waals surface area contributed by atoms with Crippen LogP contribution in [0.15, 0.2) is 46.9 Å². The number of anilines is 1. The van der Waals surface area contributed by atoms with Gasteiger partial charge in [-0.05, 0) is 64.7 Å². The maximum absolute atomic E-state index is 12.1. The molecule has 0 spiro atoms. The minimum absolute atomic E-state index is 0.195. The average molecular weight is 349 g/mol. The minimum atomic E-state index is -0.650. The summed E-state index contributed by atoms with van der Waals surface area (Å²) in [7, 11) is 0. The van der Waals surface area contributed by atoms with Gasteiger partial charge in [0.05, 0.1) is 11.7 Å². The molecule has 0 unspecified atom stereocenters. The Bertz CT molecular complexity index is 641. The van der Waals surface area contributed by atoms with Gasteiger partial charge in [-0.25, -0.2) is 0 Å². The van der Waals surface area contributed by atoms with Crippen molar-refractivity contribution in [2.45, 2.75) is 19.4 Å². The smallest absolute Gasteiger partial charge is 0.241 e. The summed E-state index contributed by atoms with van der Waals surface area (Å²) in [5.74, 6) is -0.0482. The SMILES string of the molecule is Cc1ccc(NC(=O)[C@H](N)Cc2ccc(O)cc2)c(Br)c1. The summed E-state index contributed by atoms with van der Waals surface area (Å²) >= 11 is 3.42. The van der Waals surface area contributed by atoms with E-state index in [9.17, 15) is 9.90 Å². The van der Waals surface area contributed by atoms with Crippen molar-refractivity contribution in [3.05, 3.63) is 58.1 Å². The fourth-order valence-electron chi connectivity index (χ4n) is 1.93. The number of nitrogens with one attached hydrogen (secondary N) is 1.